The highest BCUT2D eigenvalue weighted by Gasteiger charge is 2.32. The van der Waals surface area contributed by atoms with Gasteiger partial charge >= 0.3 is 0 Å². The zero-order chi connectivity index (χ0) is 24.7. The molecule has 2 aliphatic rings. The van der Waals surface area contributed by atoms with Gasteiger partial charge in [-0.1, -0.05) is 49.7 Å². The fourth-order valence-electron chi connectivity index (χ4n) is 5.56. The van der Waals surface area contributed by atoms with Crippen molar-refractivity contribution in [3.63, 3.8) is 0 Å². The number of thiophene rings is 1. The van der Waals surface area contributed by atoms with Crippen LogP contribution in [-0.2, 0) is 29.3 Å². The Kier molecular flexibility index (Phi) is 6.44. The maximum atomic E-state index is 13.7. The van der Waals surface area contributed by atoms with E-state index in [0.29, 0.717) is 31.1 Å². The molecule has 0 unspecified atom stereocenters. The molecular formula is C28H32N4O2S2. The zero-order valence-corrected chi connectivity index (χ0v) is 22.4. The minimum absolute atomic E-state index is 0.396. The molecule has 8 heteroatoms. The summed E-state index contributed by atoms with van der Waals surface area (Å²) >= 11 is 1.84. The van der Waals surface area contributed by atoms with Crippen LogP contribution in [0, 0.1) is 0 Å². The first-order chi connectivity index (χ1) is 17.6. The molecular weight excluding hydrogens is 488 g/mol. The summed E-state index contributed by atoms with van der Waals surface area (Å²) in [5.74, 6) is 1.94. The minimum atomic E-state index is -3.58. The van der Waals surface area contributed by atoms with E-state index in [0.717, 1.165) is 59.3 Å². The normalized spacial score (nSPS) is 17.1. The standard InChI is InChI=1S/C28H32N4O2S2/c1-2-3-15-25-29-27(26-22-12-6-7-13-23(22)35-28(26)30-25)31-16-18-32(19-17-31)36(33,34)24-14-8-10-20-9-4-5-11-21(20)24/h4-5,8-11,14H,2-3,6-7,12-13,15-19H2,1H3. The fraction of sp³-hybridized carbons (Fsp3) is 0.429. The Morgan fingerprint density at radius 2 is 1.72 bits per heavy atom. The number of benzene rings is 2. The molecule has 2 aromatic heterocycles. The van der Waals surface area contributed by atoms with Gasteiger partial charge in [0.2, 0.25) is 10.0 Å². The van der Waals surface area contributed by atoms with Gasteiger partial charge in [-0.2, -0.15) is 4.31 Å². The van der Waals surface area contributed by atoms with Crippen molar-refractivity contribution in [3.8, 4) is 0 Å². The molecule has 0 bridgehead atoms. The number of rotatable bonds is 6. The molecule has 2 aromatic carbocycles. The van der Waals surface area contributed by atoms with Gasteiger partial charge in [-0.15, -0.1) is 11.3 Å². The van der Waals surface area contributed by atoms with Crippen LogP contribution in [0.3, 0.4) is 0 Å². The second-order valence-corrected chi connectivity index (χ2v) is 12.8. The molecule has 0 radical (unpaired) electrons. The first-order valence-electron chi connectivity index (χ1n) is 13.1. The van der Waals surface area contributed by atoms with E-state index in [1.54, 1.807) is 10.4 Å². The molecule has 1 aliphatic heterocycles. The highest BCUT2D eigenvalue weighted by Crippen LogP contribution is 2.40. The van der Waals surface area contributed by atoms with Crippen LogP contribution in [0.1, 0.15) is 48.9 Å². The summed E-state index contributed by atoms with van der Waals surface area (Å²) in [5, 5.41) is 2.95. The monoisotopic (exact) mass is 520 g/mol. The number of hydrogen-bond acceptors (Lipinski definition) is 6. The van der Waals surface area contributed by atoms with Crippen LogP contribution >= 0.6 is 11.3 Å². The van der Waals surface area contributed by atoms with Gasteiger partial charge < -0.3 is 4.90 Å². The molecule has 0 N–H and O–H groups in total. The van der Waals surface area contributed by atoms with E-state index in [1.165, 1.54) is 28.7 Å². The molecule has 0 amide bonds. The number of sulfonamides is 1. The van der Waals surface area contributed by atoms with Gasteiger partial charge in [0.25, 0.3) is 0 Å². The van der Waals surface area contributed by atoms with Crippen molar-refractivity contribution < 1.29 is 8.42 Å². The summed E-state index contributed by atoms with van der Waals surface area (Å²) in [6, 6.07) is 13.2. The number of aromatic nitrogens is 2. The van der Waals surface area contributed by atoms with Crippen molar-refractivity contribution in [1.29, 1.82) is 0 Å². The molecule has 6 rings (SSSR count). The third-order valence-electron chi connectivity index (χ3n) is 7.50. The van der Waals surface area contributed by atoms with Crippen LogP contribution in [-0.4, -0.2) is 48.9 Å². The van der Waals surface area contributed by atoms with Crippen molar-refractivity contribution >= 4 is 48.2 Å². The lowest BCUT2D eigenvalue weighted by atomic mass is 9.97. The van der Waals surface area contributed by atoms with E-state index in [1.807, 2.05) is 47.7 Å². The molecule has 6 nitrogen and oxygen atoms in total. The number of fused-ring (bicyclic) bond motifs is 4. The third kappa shape index (κ3) is 4.19. The van der Waals surface area contributed by atoms with Crippen molar-refractivity contribution in [2.45, 2.75) is 56.8 Å². The molecule has 188 valence electrons. The van der Waals surface area contributed by atoms with Crippen molar-refractivity contribution in [1.82, 2.24) is 14.3 Å². The van der Waals surface area contributed by atoms with Crippen molar-refractivity contribution in [2.24, 2.45) is 0 Å². The molecule has 1 saturated heterocycles. The van der Waals surface area contributed by atoms with E-state index in [9.17, 15) is 8.42 Å². The summed E-state index contributed by atoms with van der Waals surface area (Å²) in [6.45, 7) is 4.36. The van der Waals surface area contributed by atoms with Crippen LogP contribution in [0.15, 0.2) is 47.4 Å². The summed E-state index contributed by atoms with van der Waals surface area (Å²) in [5.41, 5.74) is 1.43. The molecule has 1 fully saturated rings. The van der Waals surface area contributed by atoms with Crippen LogP contribution in [0.2, 0.25) is 0 Å². The van der Waals surface area contributed by atoms with Gasteiger partial charge in [0.15, 0.2) is 0 Å². The van der Waals surface area contributed by atoms with E-state index in [2.05, 4.69) is 11.8 Å². The topological polar surface area (TPSA) is 66.4 Å². The van der Waals surface area contributed by atoms with Crippen LogP contribution in [0.4, 0.5) is 5.82 Å². The highest BCUT2D eigenvalue weighted by atomic mass is 32.2. The summed E-state index contributed by atoms with van der Waals surface area (Å²) in [6.07, 6.45) is 7.77. The Labute approximate surface area is 217 Å². The fourth-order valence-corrected chi connectivity index (χ4v) is 8.47. The Balaban J connectivity index is 1.31. The second-order valence-electron chi connectivity index (χ2n) is 9.83. The molecule has 3 heterocycles. The van der Waals surface area contributed by atoms with Crippen LogP contribution in [0.5, 0.6) is 0 Å². The van der Waals surface area contributed by atoms with E-state index < -0.39 is 10.0 Å². The molecule has 0 spiro atoms. The molecule has 0 atom stereocenters. The smallest absolute Gasteiger partial charge is 0.243 e. The van der Waals surface area contributed by atoms with Gasteiger partial charge in [-0.05, 0) is 49.1 Å². The van der Waals surface area contributed by atoms with Gasteiger partial charge in [-0.25, -0.2) is 18.4 Å². The quantitative estimate of drug-likeness (QED) is 0.332. The second kappa shape index (κ2) is 9.72. The molecule has 0 saturated carbocycles. The largest absolute Gasteiger partial charge is 0.353 e. The maximum absolute atomic E-state index is 13.7. The van der Waals surface area contributed by atoms with E-state index >= 15 is 0 Å². The average molecular weight is 521 g/mol. The lowest BCUT2D eigenvalue weighted by molar-refractivity contribution is 0.384. The first kappa shape index (κ1) is 23.8. The average Bonchev–Trinajstić information content (AvgIpc) is 3.29. The molecule has 1 aliphatic carbocycles. The van der Waals surface area contributed by atoms with Crippen molar-refractivity contribution in [3.05, 3.63) is 58.7 Å². The number of anilines is 1. The predicted octanol–water partition coefficient (Wildman–Crippen LogP) is 5.58. The van der Waals surface area contributed by atoms with Gasteiger partial charge in [0.1, 0.15) is 16.5 Å². The summed E-state index contributed by atoms with van der Waals surface area (Å²) in [4.78, 5) is 15.3. The van der Waals surface area contributed by atoms with Crippen molar-refractivity contribution in [2.75, 3.05) is 31.1 Å². The third-order valence-corrected chi connectivity index (χ3v) is 10.6. The Hall–Kier alpha value is -2.55. The zero-order valence-electron chi connectivity index (χ0n) is 20.7. The Morgan fingerprint density at radius 1 is 0.944 bits per heavy atom. The lowest BCUT2D eigenvalue weighted by Crippen LogP contribution is -2.49. The van der Waals surface area contributed by atoms with Crippen LogP contribution in [0.25, 0.3) is 21.0 Å². The minimum Gasteiger partial charge on any atom is -0.353 e. The van der Waals surface area contributed by atoms with Gasteiger partial charge in [-0.3, -0.25) is 0 Å². The van der Waals surface area contributed by atoms with Crippen LogP contribution < -0.4 is 4.90 Å². The Bertz CT molecular complexity index is 1520. The van der Waals surface area contributed by atoms with E-state index in [4.69, 9.17) is 9.97 Å². The Morgan fingerprint density at radius 3 is 2.56 bits per heavy atom. The predicted molar refractivity (Wildman–Crippen MR) is 148 cm³/mol. The molecule has 4 aromatic rings. The number of piperazine rings is 1. The first-order valence-corrected chi connectivity index (χ1v) is 15.4. The summed E-state index contributed by atoms with van der Waals surface area (Å²) in [7, 11) is -3.58. The van der Waals surface area contributed by atoms with E-state index in [-0.39, 0.29) is 0 Å². The maximum Gasteiger partial charge on any atom is 0.243 e. The summed E-state index contributed by atoms with van der Waals surface area (Å²) < 4.78 is 29.0. The lowest BCUT2D eigenvalue weighted by Gasteiger charge is -2.35. The SMILES string of the molecule is CCCCc1nc(N2CCN(S(=O)(=O)c3cccc4ccccc34)CC2)c2c3c(sc2n1)CCCC3. The number of unbranched alkanes of at least 4 members (excludes halogenated alkanes) is 1. The number of nitrogens with zero attached hydrogens (tertiary/aromatic N) is 4. The highest BCUT2D eigenvalue weighted by molar-refractivity contribution is 7.89. The van der Waals surface area contributed by atoms with Gasteiger partial charge in [0, 0.05) is 42.9 Å². The number of aryl methyl sites for hydroxylation is 3. The number of hydrogen-bond donors (Lipinski definition) is 0. The molecule has 36 heavy (non-hydrogen) atoms. The van der Waals surface area contributed by atoms with Gasteiger partial charge in [0.05, 0.1) is 10.3 Å².